The summed E-state index contributed by atoms with van der Waals surface area (Å²) >= 11 is 0. The average molecular weight is 504 g/mol. The van der Waals surface area contributed by atoms with Gasteiger partial charge in [-0.3, -0.25) is 9.59 Å². The Kier molecular flexibility index (Phi) is 8.47. The molecule has 1 N–H and O–H groups in total. The van der Waals surface area contributed by atoms with Crippen molar-refractivity contribution in [2.75, 3.05) is 33.9 Å². The number of esters is 1. The van der Waals surface area contributed by atoms with Crippen LogP contribution in [0.4, 0.5) is 0 Å². The van der Waals surface area contributed by atoms with Crippen LogP contribution in [0.2, 0.25) is 0 Å². The van der Waals surface area contributed by atoms with Crippen LogP contribution < -0.4 is 10.1 Å². The van der Waals surface area contributed by atoms with E-state index in [-0.39, 0.29) is 36.9 Å². The first-order valence-electron chi connectivity index (χ1n) is 11.0. The Morgan fingerprint density at radius 3 is 2.26 bits per heavy atom. The first-order valence-corrected chi connectivity index (χ1v) is 12.4. The lowest BCUT2D eigenvalue weighted by Crippen LogP contribution is -2.62. The summed E-state index contributed by atoms with van der Waals surface area (Å²) in [5.74, 6) is -1.02. The van der Waals surface area contributed by atoms with Crippen molar-refractivity contribution in [3.8, 4) is 5.75 Å². The maximum atomic E-state index is 13.3. The number of hydrogen-bond donors (Lipinski definition) is 1. The van der Waals surface area contributed by atoms with Crippen molar-refractivity contribution in [1.29, 1.82) is 0 Å². The first-order chi connectivity index (χ1) is 16.7. The zero-order chi connectivity index (χ0) is 25.6. The molecule has 0 saturated carbocycles. The summed E-state index contributed by atoms with van der Waals surface area (Å²) in [5.41, 5.74) is 0.752. The highest BCUT2D eigenvalue weighted by atomic mass is 32.2. The van der Waals surface area contributed by atoms with Crippen molar-refractivity contribution in [2.45, 2.75) is 30.3 Å². The Morgan fingerprint density at radius 2 is 1.69 bits per heavy atom. The fourth-order valence-corrected chi connectivity index (χ4v) is 5.38. The van der Waals surface area contributed by atoms with Crippen molar-refractivity contribution in [3.05, 3.63) is 60.2 Å². The molecule has 0 spiro atoms. The summed E-state index contributed by atoms with van der Waals surface area (Å²) < 4.78 is 37.4. The Labute approximate surface area is 204 Å². The predicted octanol–water partition coefficient (Wildman–Crippen LogP) is 0.817. The van der Waals surface area contributed by atoms with Crippen LogP contribution in [0.3, 0.4) is 0 Å². The van der Waals surface area contributed by atoms with Crippen molar-refractivity contribution in [2.24, 2.45) is 0 Å². The number of hydrogen-bond acceptors (Lipinski definition) is 7. The van der Waals surface area contributed by atoms with E-state index in [1.165, 1.54) is 35.4 Å². The lowest BCUT2D eigenvalue weighted by atomic mass is 10.0. The number of benzene rings is 2. The molecule has 1 fully saturated rings. The second kappa shape index (κ2) is 11.3. The Balaban J connectivity index is 1.81. The third kappa shape index (κ3) is 6.17. The minimum Gasteiger partial charge on any atom is -0.497 e. The van der Waals surface area contributed by atoms with E-state index in [1.807, 2.05) is 0 Å². The summed E-state index contributed by atoms with van der Waals surface area (Å²) in [6, 6.07) is 12.7. The van der Waals surface area contributed by atoms with Gasteiger partial charge in [0.05, 0.1) is 19.1 Å². The fourth-order valence-electron chi connectivity index (χ4n) is 3.92. The first kappa shape index (κ1) is 26.2. The highest BCUT2D eigenvalue weighted by Crippen LogP contribution is 2.21. The minimum absolute atomic E-state index is 0.0425. The lowest BCUT2D eigenvalue weighted by molar-refractivity contribution is -0.147. The smallest absolute Gasteiger partial charge is 0.328 e. The van der Waals surface area contributed by atoms with Gasteiger partial charge in [-0.2, -0.15) is 4.31 Å². The monoisotopic (exact) mass is 503 g/mol. The van der Waals surface area contributed by atoms with Gasteiger partial charge in [0.2, 0.25) is 21.8 Å². The number of nitrogens with one attached hydrogen (secondary N) is 1. The summed E-state index contributed by atoms with van der Waals surface area (Å²) in [7, 11) is -1.12. The molecule has 3 rings (SSSR count). The molecular weight excluding hydrogens is 474 g/mol. The number of ether oxygens (including phenoxy) is 2. The van der Waals surface area contributed by atoms with E-state index in [0.717, 1.165) is 5.56 Å². The molecular formula is C24H29N3O7S. The van der Waals surface area contributed by atoms with Crippen LogP contribution in [0, 0.1) is 0 Å². The molecule has 2 amide bonds. The second-order valence-electron chi connectivity index (χ2n) is 8.04. The van der Waals surface area contributed by atoms with Crippen LogP contribution in [-0.4, -0.2) is 81.3 Å². The SMILES string of the molecule is COC(=O)C(Cc1ccc(OC)cc1)NC(=O)C1CN(S(=O)(=O)c2ccccc2)CCN1C(C)=O. The summed E-state index contributed by atoms with van der Waals surface area (Å²) in [6.45, 7) is 1.17. The van der Waals surface area contributed by atoms with Crippen molar-refractivity contribution in [3.63, 3.8) is 0 Å². The average Bonchev–Trinajstić information content (AvgIpc) is 2.88. The molecule has 2 unspecified atom stereocenters. The van der Waals surface area contributed by atoms with Crippen LogP contribution in [0.15, 0.2) is 59.5 Å². The topological polar surface area (TPSA) is 122 Å². The molecule has 0 aliphatic carbocycles. The van der Waals surface area contributed by atoms with Crippen LogP contribution >= 0.6 is 0 Å². The standard InChI is InChI=1S/C24H29N3O7S/c1-17(28)27-14-13-26(35(31,32)20-7-5-4-6-8-20)16-22(27)23(29)25-21(24(30)34-3)15-18-9-11-19(33-2)12-10-18/h4-12,21-22H,13-16H2,1-3H3,(H,25,29). The van der Waals surface area contributed by atoms with E-state index in [0.29, 0.717) is 5.75 Å². The van der Waals surface area contributed by atoms with Crippen molar-refractivity contribution < 1.29 is 32.3 Å². The Hall–Kier alpha value is -3.44. The zero-order valence-corrected chi connectivity index (χ0v) is 20.7. The maximum absolute atomic E-state index is 13.3. The molecule has 0 radical (unpaired) electrons. The quantitative estimate of drug-likeness (QED) is 0.529. The molecule has 10 nitrogen and oxygen atoms in total. The second-order valence-corrected chi connectivity index (χ2v) is 9.98. The number of carbonyl (C=O) groups is 3. The van der Waals surface area contributed by atoms with Crippen molar-refractivity contribution >= 4 is 27.8 Å². The zero-order valence-electron chi connectivity index (χ0n) is 19.8. The van der Waals surface area contributed by atoms with Gasteiger partial charge in [0.15, 0.2) is 0 Å². The molecule has 2 atom stereocenters. The number of nitrogens with zero attached hydrogens (tertiary/aromatic N) is 2. The van der Waals surface area contributed by atoms with E-state index >= 15 is 0 Å². The van der Waals surface area contributed by atoms with Gasteiger partial charge in [0.25, 0.3) is 0 Å². The molecule has 1 saturated heterocycles. The van der Waals surface area contributed by atoms with E-state index in [2.05, 4.69) is 5.32 Å². The molecule has 0 bridgehead atoms. The van der Waals surface area contributed by atoms with Gasteiger partial charge in [-0.1, -0.05) is 30.3 Å². The van der Waals surface area contributed by atoms with Gasteiger partial charge in [-0.15, -0.1) is 0 Å². The van der Waals surface area contributed by atoms with Gasteiger partial charge in [0, 0.05) is 33.0 Å². The van der Waals surface area contributed by atoms with Crippen LogP contribution in [-0.2, 0) is 35.6 Å². The van der Waals surface area contributed by atoms with Gasteiger partial charge < -0.3 is 19.7 Å². The highest BCUT2D eigenvalue weighted by Gasteiger charge is 2.40. The predicted molar refractivity (Wildman–Crippen MR) is 127 cm³/mol. The van der Waals surface area contributed by atoms with Gasteiger partial charge in [-0.25, -0.2) is 13.2 Å². The largest absolute Gasteiger partial charge is 0.497 e. The Morgan fingerprint density at radius 1 is 1.03 bits per heavy atom. The third-order valence-corrected chi connectivity index (χ3v) is 7.71. The number of methoxy groups -OCH3 is 2. The molecule has 2 aromatic rings. The van der Waals surface area contributed by atoms with Crippen LogP contribution in [0.25, 0.3) is 0 Å². The minimum atomic E-state index is -3.87. The van der Waals surface area contributed by atoms with Crippen molar-refractivity contribution in [1.82, 2.24) is 14.5 Å². The normalized spacial score (nSPS) is 17.3. The maximum Gasteiger partial charge on any atom is 0.328 e. The molecule has 0 aromatic heterocycles. The molecule has 188 valence electrons. The summed E-state index contributed by atoms with van der Waals surface area (Å²) in [5, 5.41) is 2.65. The lowest BCUT2D eigenvalue weighted by Gasteiger charge is -2.39. The van der Waals surface area contributed by atoms with E-state index < -0.39 is 34.0 Å². The number of piperazine rings is 1. The Bertz CT molecular complexity index is 1150. The number of carbonyl (C=O) groups excluding carboxylic acids is 3. The number of amides is 2. The summed E-state index contributed by atoms with van der Waals surface area (Å²) in [6.07, 6.45) is 0.140. The highest BCUT2D eigenvalue weighted by molar-refractivity contribution is 7.89. The van der Waals surface area contributed by atoms with Gasteiger partial charge in [0.1, 0.15) is 17.8 Å². The molecule has 1 aliphatic rings. The molecule has 1 aliphatic heterocycles. The molecule has 35 heavy (non-hydrogen) atoms. The molecule has 11 heteroatoms. The van der Waals surface area contributed by atoms with E-state index in [4.69, 9.17) is 9.47 Å². The van der Waals surface area contributed by atoms with Crippen LogP contribution in [0.1, 0.15) is 12.5 Å². The third-order valence-electron chi connectivity index (χ3n) is 5.83. The van der Waals surface area contributed by atoms with E-state index in [9.17, 15) is 22.8 Å². The number of sulfonamides is 1. The number of rotatable bonds is 8. The van der Waals surface area contributed by atoms with Crippen LogP contribution in [0.5, 0.6) is 5.75 Å². The van der Waals surface area contributed by atoms with Gasteiger partial charge >= 0.3 is 5.97 Å². The fraction of sp³-hybridized carbons (Fsp3) is 0.375. The van der Waals surface area contributed by atoms with Gasteiger partial charge in [-0.05, 0) is 29.8 Å². The molecule has 1 heterocycles. The van der Waals surface area contributed by atoms with E-state index in [1.54, 1.807) is 49.6 Å². The summed E-state index contributed by atoms with van der Waals surface area (Å²) in [4.78, 5) is 39.4. The molecule has 2 aromatic carbocycles.